The second-order valence-corrected chi connectivity index (χ2v) is 8.30. The maximum absolute atomic E-state index is 4.98. The Hall–Kier alpha value is -3.53. The first-order valence-corrected chi connectivity index (χ1v) is 10.7. The summed E-state index contributed by atoms with van der Waals surface area (Å²) in [7, 11) is 8.25. The van der Waals surface area contributed by atoms with Gasteiger partial charge in [0.25, 0.3) is 0 Å². The Kier molecular flexibility index (Phi) is 6.08. The van der Waals surface area contributed by atoms with E-state index in [9.17, 15) is 0 Å². The van der Waals surface area contributed by atoms with Gasteiger partial charge in [-0.1, -0.05) is 48.5 Å². The Balaban J connectivity index is 1.59. The average Bonchev–Trinajstić information content (AvgIpc) is 3.23. The van der Waals surface area contributed by atoms with Crippen LogP contribution in [-0.2, 0) is 0 Å². The summed E-state index contributed by atoms with van der Waals surface area (Å²) in [5.41, 5.74) is 7.06. The van der Waals surface area contributed by atoms with Crippen LogP contribution in [-0.4, -0.2) is 33.9 Å². The summed E-state index contributed by atoms with van der Waals surface area (Å²) in [6.07, 6.45) is 5.18. The molecule has 1 atom stereocenters. The Bertz CT molecular complexity index is 1050. The fourth-order valence-corrected chi connectivity index (χ4v) is 3.78. The van der Waals surface area contributed by atoms with Gasteiger partial charge in [0.05, 0.1) is 17.4 Å². The third-order valence-electron chi connectivity index (χ3n) is 5.63. The zero-order valence-electron chi connectivity index (χ0n) is 18.7. The molecule has 1 heterocycles. The van der Waals surface area contributed by atoms with Crippen molar-refractivity contribution in [1.29, 1.82) is 0 Å². The summed E-state index contributed by atoms with van der Waals surface area (Å²) in [6.45, 7) is 0. The normalized spacial score (nSPS) is 15.9. The van der Waals surface area contributed by atoms with Gasteiger partial charge < -0.3 is 9.80 Å². The van der Waals surface area contributed by atoms with Crippen molar-refractivity contribution >= 4 is 28.8 Å². The number of hydrogen-bond acceptors (Lipinski definition) is 4. The first-order chi connectivity index (χ1) is 15.0. The van der Waals surface area contributed by atoms with E-state index in [-0.39, 0.29) is 6.04 Å². The van der Waals surface area contributed by atoms with Crippen molar-refractivity contribution in [2.75, 3.05) is 43.0 Å². The molecule has 3 aromatic carbocycles. The molecule has 0 saturated heterocycles. The second-order valence-electron chi connectivity index (χ2n) is 8.30. The molecule has 0 amide bonds. The standard InChI is InChI=1S/C27H30N4/c1-29(2)24-16-11-21(12-17-24)10-15-23-20-27(22-13-18-25(19-14-22)30(3)4)31(28-23)26-8-6-5-7-9-26/h5-19,27H,20H2,1-4H3/b15-10+/t27-/m1/s1. The van der Waals surface area contributed by atoms with Crippen LogP contribution in [0.25, 0.3) is 6.08 Å². The molecule has 158 valence electrons. The van der Waals surface area contributed by atoms with Crippen LogP contribution in [0.5, 0.6) is 0 Å². The Morgan fingerprint density at radius 2 is 1.32 bits per heavy atom. The van der Waals surface area contributed by atoms with Gasteiger partial charge in [-0.3, -0.25) is 5.01 Å². The summed E-state index contributed by atoms with van der Waals surface area (Å²) in [5.74, 6) is 0. The van der Waals surface area contributed by atoms with Crippen LogP contribution in [0, 0.1) is 0 Å². The first-order valence-electron chi connectivity index (χ1n) is 10.7. The van der Waals surface area contributed by atoms with Crippen LogP contribution in [0.2, 0.25) is 0 Å². The number of hydrogen-bond donors (Lipinski definition) is 0. The minimum Gasteiger partial charge on any atom is -0.378 e. The summed E-state index contributed by atoms with van der Waals surface area (Å²) < 4.78 is 0. The molecule has 0 aliphatic carbocycles. The molecule has 0 saturated carbocycles. The molecule has 0 unspecified atom stereocenters. The predicted molar refractivity (Wildman–Crippen MR) is 134 cm³/mol. The molecular weight excluding hydrogens is 380 g/mol. The number of anilines is 3. The average molecular weight is 411 g/mol. The third-order valence-corrected chi connectivity index (χ3v) is 5.63. The van der Waals surface area contributed by atoms with Crippen molar-refractivity contribution in [3.63, 3.8) is 0 Å². The summed E-state index contributed by atoms with van der Waals surface area (Å²) in [6, 6.07) is 28.0. The highest BCUT2D eigenvalue weighted by atomic mass is 15.5. The van der Waals surface area contributed by atoms with Crippen molar-refractivity contribution in [3.05, 3.63) is 96.1 Å². The largest absolute Gasteiger partial charge is 0.378 e. The van der Waals surface area contributed by atoms with Crippen molar-refractivity contribution in [2.24, 2.45) is 5.10 Å². The molecule has 4 rings (SSSR count). The van der Waals surface area contributed by atoms with Gasteiger partial charge in [-0.15, -0.1) is 0 Å². The molecule has 1 aliphatic rings. The van der Waals surface area contributed by atoms with Gasteiger partial charge in [-0.25, -0.2) is 0 Å². The van der Waals surface area contributed by atoms with Gasteiger partial charge in [-0.05, 0) is 53.6 Å². The number of hydrazone groups is 1. The predicted octanol–water partition coefficient (Wildman–Crippen LogP) is 5.84. The van der Waals surface area contributed by atoms with Crippen molar-refractivity contribution in [2.45, 2.75) is 12.5 Å². The lowest BCUT2D eigenvalue weighted by molar-refractivity contribution is 0.709. The van der Waals surface area contributed by atoms with Gasteiger partial charge >= 0.3 is 0 Å². The van der Waals surface area contributed by atoms with E-state index in [1.165, 1.54) is 22.5 Å². The van der Waals surface area contributed by atoms with E-state index in [4.69, 9.17) is 5.10 Å². The zero-order chi connectivity index (χ0) is 21.8. The third kappa shape index (κ3) is 4.80. The molecule has 1 aliphatic heterocycles. The Morgan fingerprint density at radius 3 is 1.90 bits per heavy atom. The summed E-state index contributed by atoms with van der Waals surface area (Å²) in [4.78, 5) is 4.23. The molecule has 0 N–H and O–H groups in total. The van der Waals surface area contributed by atoms with Crippen molar-refractivity contribution in [3.8, 4) is 0 Å². The van der Waals surface area contributed by atoms with E-state index < -0.39 is 0 Å². The van der Waals surface area contributed by atoms with E-state index in [1.807, 2.05) is 6.07 Å². The lowest BCUT2D eigenvalue weighted by Gasteiger charge is -2.24. The van der Waals surface area contributed by atoms with Crippen LogP contribution in [0.4, 0.5) is 17.1 Å². The highest BCUT2D eigenvalue weighted by Gasteiger charge is 2.28. The number of benzene rings is 3. The monoisotopic (exact) mass is 410 g/mol. The van der Waals surface area contributed by atoms with Gasteiger partial charge in [0.15, 0.2) is 0 Å². The maximum atomic E-state index is 4.98. The lowest BCUT2D eigenvalue weighted by atomic mass is 10.0. The highest BCUT2D eigenvalue weighted by Crippen LogP contribution is 2.36. The van der Waals surface area contributed by atoms with Gasteiger partial charge in [0.2, 0.25) is 0 Å². The van der Waals surface area contributed by atoms with Crippen LogP contribution in [0.15, 0.2) is 90.0 Å². The number of para-hydroxylation sites is 1. The molecule has 3 aromatic rings. The van der Waals surface area contributed by atoms with Crippen LogP contribution >= 0.6 is 0 Å². The number of allylic oxidation sites excluding steroid dienone is 1. The SMILES string of the molecule is CN(C)c1ccc(/C=C/C2=NN(c3ccccc3)[C@@H](c3ccc(N(C)C)cc3)C2)cc1. The molecule has 0 radical (unpaired) electrons. The summed E-state index contributed by atoms with van der Waals surface area (Å²) in [5, 5.41) is 7.13. The smallest absolute Gasteiger partial charge is 0.0831 e. The van der Waals surface area contributed by atoms with E-state index in [0.29, 0.717) is 0 Å². The number of nitrogens with zero attached hydrogens (tertiary/aromatic N) is 4. The number of rotatable bonds is 6. The van der Waals surface area contributed by atoms with Gasteiger partial charge in [-0.2, -0.15) is 5.10 Å². The van der Waals surface area contributed by atoms with Crippen LogP contribution in [0.1, 0.15) is 23.6 Å². The first kappa shape index (κ1) is 20.7. The Morgan fingerprint density at radius 1 is 0.742 bits per heavy atom. The quantitative estimate of drug-likeness (QED) is 0.510. The molecule has 0 fully saturated rings. The van der Waals surface area contributed by atoms with Crippen molar-refractivity contribution in [1.82, 2.24) is 0 Å². The zero-order valence-corrected chi connectivity index (χ0v) is 18.7. The second kappa shape index (κ2) is 9.09. The molecule has 0 spiro atoms. The molecule has 31 heavy (non-hydrogen) atoms. The van der Waals surface area contributed by atoms with Gasteiger partial charge in [0, 0.05) is 46.0 Å². The van der Waals surface area contributed by atoms with Crippen molar-refractivity contribution < 1.29 is 0 Å². The fourth-order valence-electron chi connectivity index (χ4n) is 3.78. The van der Waals surface area contributed by atoms with E-state index in [1.54, 1.807) is 0 Å². The Labute approximate surface area is 185 Å². The molecule has 4 nitrogen and oxygen atoms in total. The lowest BCUT2D eigenvalue weighted by Crippen LogP contribution is -2.18. The highest BCUT2D eigenvalue weighted by molar-refractivity contribution is 6.01. The topological polar surface area (TPSA) is 22.1 Å². The fraction of sp³-hybridized carbons (Fsp3) is 0.222. The van der Waals surface area contributed by atoms with Gasteiger partial charge in [0.1, 0.15) is 0 Å². The molecule has 4 heteroatoms. The minimum absolute atomic E-state index is 0.189. The maximum Gasteiger partial charge on any atom is 0.0831 e. The molecule has 0 bridgehead atoms. The summed E-state index contributed by atoms with van der Waals surface area (Å²) >= 11 is 0. The van der Waals surface area contributed by atoms with Crippen LogP contribution < -0.4 is 14.8 Å². The van der Waals surface area contributed by atoms with Crippen LogP contribution in [0.3, 0.4) is 0 Å². The molecular formula is C27H30N4. The van der Waals surface area contributed by atoms with E-state index >= 15 is 0 Å². The van der Waals surface area contributed by atoms with E-state index in [0.717, 1.165) is 17.8 Å². The minimum atomic E-state index is 0.189. The van der Waals surface area contributed by atoms with E-state index in [2.05, 4.69) is 128 Å². The molecule has 0 aromatic heterocycles.